The number of fused-ring (bicyclic) bond motifs is 2. The molecule has 2 atom stereocenters. The van der Waals surface area contributed by atoms with Gasteiger partial charge in [-0.3, -0.25) is 4.99 Å². The molecule has 6 heteroatoms. The maximum absolute atomic E-state index is 5.54. The van der Waals surface area contributed by atoms with Crippen molar-refractivity contribution in [2.45, 2.75) is 11.8 Å². The number of nitrogens with zero attached hydrogens (tertiary/aromatic N) is 3. The number of halogens is 1. The van der Waals surface area contributed by atoms with Crippen LogP contribution >= 0.6 is 15.9 Å². The zero-order chi connectivity index (χ0) is 28.8. The van der Waals surface area contributed by atoms with Gasteiger partial charge in [0, 0.05) is 21.5 Å². The molecule has 8 rings (SSSR count). The summed E-state index contributed by atoms with van der Waals surface area (Å²) in [5.41, 5.74) is 10.0. The number of nitrogens with one attached hydrogen (secondary N) is 2. The number of rotatable bonds is 5. The summed E-state index contributed by atoms with van der Waals surface area (Å²) in [4.78, 5) is 23.2. The Bertz CT molecular complexity index is 2070. The second kappa shape index (κ2) is 10.6. The number of imidazole rings is 2. The minimum Gasteiger partial charge on any atom is -0.341 e. The molecular weight excluding hydrogens is 594 g/mol. The Balaban J connectivity index is 1.49. The average molecular weight is 621 g/mol. The zero-order valence-corrected chi connectivity index (χ0v) is 24.7. The van der Waals surface area contributed by atoms with Crippen LogP contribution < -0.4 is 0 Å². The van der Waals surface area contributed by atoms with Crippen molar-refractivity contribution >= 4 is 55.0 Å². The molecule has 7 aromatic rings. The Morgan fingerprint density at radius 3 is 1.77 bits per heavy atom. The van der Waals surface area contributed by atoms with Crippen molar-refractivity contribution in [3.8, 4) is 0 Å². The first-order valence-corrected chi connectivity index (χ1v) is 15.1. The number of hydrogen-bond acceptors (Lipinski definition) is 3. The number of hydrogen-bond donors (Lipinski definition) is 2. The highest BCUT2D eigenvalue weighted by Gasteiger charge is 2.41. The fourth-order valence-electron chi connectivity index (χ4n) is 6.17. The van der Waals surface area contributed by atoms with Gasteiger partial charge in [0.25, 0.3) is 0 Å². The smallest absolute Gasteiger partial charge is 0.137 e. The normalized spacial score (nSPS) is 17.0. The van der Waals surface area contributed by atoms with Crippen LogP contribution in [0.3, 0.4) is 0 Å². The summed E-state index contributed by atoms with van der Waals surface area (Å²) in [6.07, 6.45) is 0. The zero-order valence-electron chi connectivity index (χ0n) is 23.1. The van der Waals surface area contributed by atoms with Gasteiger partial charge in [0.05, 0.1) is 39.4 Å². The van der Waals surface area contributed by atoms with Crippen LogP contribution in [0.1, 0.15) is 40.2 Å². The summed E-state index contributed by atoms with van der Waals surface area (Å²) < 4.78 is 1.03. The molecule has 3 heterocycles. The molecule has 2 aromatic heterocycles. The Kier molecular flexibility index (Phi) is 6.34. The van der Waals surface area contributed by atoms with Crippen LogP contribution in [-0.4, -0.2) is 25.6 Å². The van der Waals surface area contributed by atoms with E-state index in [4.69, 9.17) is 15.0 Å². The second-order valence-corrected chi connectivity index (χ2v) is 11.7. The first-order valence-electron chi connectivity index (χ1n) is 14.3. The van der Waals surface area contributed by atoms with Gasteiger partial charge in [-0.1, -0.05) is 113 Å². The Labute approximate surface area is 257 Å². The Hall–Kier alpha value is -5.07. The molecule has 0 amide bonds. The fraction of sp³-hybridized carbons (Fsp3) is 0.0541. The lowest BCUT2D eigenvalue weighted by Gasteiger charge is -2.34. The van der Waals surface area contributed by atoms with E-state index in [0.717, 1.165) is 71.9 Å². The highest BCUT2D eigenvalue weighted by atomic mass is 79.9. The lowest BCUT2D eigenvalue weighted by Crippen LogP contribution is -2.28. The molecule has 5 aromatic carbocycles. The minimum absolute atomic E-state index is 0.155. The Morgan fingerprint density at radius 1 is 0.535 bits per heavy atom. The van der Waals surface area contributed by atoms with Gasteiger partial charge in [-0.2, -0.15) is 0 Å². The van der Waals surface area contributed by atoms with Gasteiger partial charge in [-0.25, -0.2) is 9.97 Å². The van der Waals surface area contributed by atoms with E-state index in [2.05, 4.69) is 117 Å². The highest BCUT2D eigenvalue weighted by Crippen LogP contribution is 2.51. The number of aromatic amines is 2. The molecule has 0 spiro atoms. The predicted octanol–water partition coefficient (Wildman–Crippen LogP) is 9.14. The fourth-order valence-corrected chi connectivity index (χ4v) is 6.43. The molecule has 0 radical (unpaired) electrons. The molecule has 1 aliphatic rings. The maximum Gasteiger partial charge on any atom is 0.137 e. The summed E-state index contributed by atoms with van der Waals surface area (Å²) in [6, 6.07) is 45.9. The molecule has 0 bridgehead atoms. The number of aliphatic imine (C=N–C) groups is 1. The number of aromatic nitrogens is 4. The number of allylic oxidation sites excluding steroid dienone is 1. The molecule has 5 nitrogen and oxygen atoms in total. The van der Waals surface area contributed by atoms with E-state index in [1.54, 1.807) is 0 Å². The van der Waals surface area contributed by atoms with E-state index >= 15 is 0 Å². The average Bonchev–Trinajstić information content (AvgIpc) is 3.69. The molecule has 2 unspecified atom stereocenters. The SMILES string of the molecule is Brc1ccc(C2C(c3nc4ccccc4[nH]3)=C(c3ccccc3)N=C(c3ccccc3)C2c2nc3ccccc3[nH]2)cc1. The van der Waals surface area contributed by atoms with Gasteiger partial charge < -0.3 is 9.97 Å². The van der Waals surface area contributed by atoms with Gasteiger partial charge in [0.2, 0.25) is 0 Å². The van der Waals surface area contributed by atoms with Crippen LogP contribution in [0.5, 0.6) is 0 Å². The van der Waals surface area contributed by atoms with Crippen LogP contribution in [0.2, 0.25) is 0 Å². The maximum atomic E-state index is 5.54. The van der Waals surface area contributed by atoms with E-state index in [-0.39, 0.29) is 11.8 Å². The quantitative estimate of drug-likeness (QED) is 0.202. The monoisotopic (exact) mass is 619 g/mol. The summed E-state index contributed by atoms with van der Waals surface area (Å²) in [7, 11) is 0. The van der Waals surface area contributed by atoms with Crippen molar-refractivity contribution in [2.75, 3.05) is 0 Å². The molecule has 206 valence electrons. The van der Waals surface area contributed by atoms with Gasteiger partial charge in [0.15, 0.2) is 0 Å². The van der Waals surface area contributed by atoms with Crippen molar-refractivity contribution < 1.29 is 0 Å². The lowest BCUT2D eigenvalue weighted by atomic mass is 9.72. The van der Waals surface area contributed by atoms with Crippen LogP contribution in [0, 0.1) is 0 Å². The number of para-hydroxylation sites is 4. The molecule has 0 fully saturated rings. The highest BCUT2D eigenvalue weighted by molar-refractivity contribution is 9.10. The van der Waals surface area contributed by atoms with E-state index < -0.39 is 0 Å². The van der Waals surface area contributed by atoms with Crippen LogP contribution in [-0.2, 0) is 0 Å². The lowest BCUT2D eigenvalue weighted by molar-refractivity contribution is 0.735. The molecule has 0 saturated carbocycles. The van der Waals surface area contributed by atoms with Gasteiger partial charge in [0.1, 0.15) is 11.6 Å². The first kappa shape index (κ1) is 25.6. The predicted molar refractivity (Wildman–Crippen MR) is 178 cm³/mol. The molecular formula is C37H26BrN5. The third-order valence-electron chi connectivity index (χ3n) is 8.12. The number of H-pyrrole nitrogens is 2. The summed E-state index contributed by atoms with van der Waals surface area (Å²) >= 11 is 3.66. The van der Waals surface area contributed by atoms with Gasteiger partial charge >= 0.3 is 0 Å². The van der Waals surface area contributed by atoms with Crippen LogP contribution in [0.25, 0.3) is 33.3 Å². The van der Waals surface area contributed by atoms with Gasteiger partial charge in [-0.05, 0) is 47.5 Å². The van der Waals surface area contributed by atoms with Crippen LogP contribution in [0.15, 0.2) is 143 Å². The Morgan fingerprint density at radius 2 is 1.12 bits per heavy atom. The van der Waals surface area contributed by atoms with E-state index in [9.17, 15) is 0 Å². The summed E-state index contributed by atoms with van der Waals surface area (Å²) in [5.74, 6) is 1.31. The molecule has 0 aliphatic carbocycles. The molecule has 0 saturated heterocycles. The number of benzene rings is 5. The van der Waals surface area contributed by atoms with Crippen molar-refractivity contribution in [3.63, 3.8) is 0 Å². The van der Waals surface area contributed by atoms with Gasteiger partial charge in [-0.15, -0.1) is 0 Å². The van der Waals surface area contributed by atoms with E-state index in [0.29, 0.717) is 0 Å². The van der Waals surface area contributed by atoms with Crippen molar-refractivity contribution in [1.82, 2.24) is 19.9 Å². The standard InChI is InChI=1S/C37H26BrN5/c38-26-21-19-23(20-22-26)31-32(36-39-27-15-7-8-16-28(27)40-36)34(24-11-3-1-4-12-24)43-35(25-13-5-2-6-14-25)33(31)37-41-29-17-9-10-18-30(29)42-37/h1-22,31-32H,(H,39,40)(H,41,42). The third-order valence-corrected chi connectivity index (χ3v) is 8.65. The molecule has 43 heavy (non-hydrogen) atoms. The topological polar surface area (TPSA) is 69.7 Å². The summed E-state index contributed by atoms with van der Waals surface area (Å²) in [5, 5.41) is 0. The first-order chi connectivity index (χ1) is 21.2. The largest absolute Gasteiger partial charge is 0.341 e. The summed E-state index contributed by atoms with van der Waals surface area (Å²) in [6.45, 7) is 0. The second-order valence-electron chi connectivity index (χ2n) is 10.7. The molecule has 1 aliphatic heterocycles. The van der Waals surface area contributed by atoms with E-state index in [1.165, 1.54) is 0 Å². The molecule has 2 N–H and O–H groups in total. The van der Waals surface area contributed by atoms with Crippen molar-refractivity contribution in [2.24, 2.45) is 4.99 Å². The van der Waals surface area contributed by atoms with Crippen molar-refractivity contribution in [1.29, 1.82) is 0 Å². The van der Waals surface area contributed by atoms with Crippen LogP contribution in [0.4, 0.5) is 0 Å². The minimum atomic E-state index is -0.216. The van der Waals surface area contributed by atoms with E-state index in [1.807, 2.05) is 42.5 Å². The van der Waals surface area contributed by atoms with Crippen molar-refractivity contribution in [3.05, 3.63) is 166 Å². The third kappa shape index (κ3) is 4.60.